The first-order chi connectivity index (χ1) is 16.4. The molecule has 2 aromatic carbocycles. The lowest BCUT2D eigenvalue weighted by Gasteiger charge is -2.35. The van der Waals surface area contributed by atoms with E-state index >= 15 is 0 Å². The summed E-state index contributed by atoms with van der Waals surface area (Å²) in [6.45, 7) is -1.16. The lowest BCUT2D eigenvalue weighted by atomic mass is 9.97. The first-order valence-corrected chi connectivity index (χ1v) is 13.8. The maximum Gasteiger partial charge on any atom is 0.384 e. The predicted octanol–water partition coefficient (Wildman–Crippen LogP) is 3.53. The Morgan fingerprint density at radius 3 is 2.14 bits per heavy atom. The molecule has 35 heavy (non-hydrogen) atoms. The Hall–Kier alpha value is -2.35. The second-order valence-electron chi connectivity index (χ2n) is 8.39. The van der Waals surface area contributed by atoms with Crippen molar-refractivity contribution in [2.24, 2.45) is 5.92 Å². The van der Waals surface area contributed by atoms with Crippen LogP contribution in [0.3, 0.4) is 0 Å². The van der Waals surface area contributed by atoms with Crippen molar-refractivity contribution in [3.8, 4) is 0 Å². The summed E-state index contributed by atoms with van der Waals surface area (Å²) in [7, 11) is -4.95. The van der Waals surface area contributed by atoms with Crippen LogP contribution in [-0.2, 0) is 24.8 Å². The molecule has 0 atom stereocenters. The zero-order valence-corrected chi connectivity index (χ0v) is 21.0. The van der Waals surface area contributed by atoms with Crippen LogP contribution in [0.2, 0.25) is 0 Å². The number of sulfonamides is 2. The molecule has 0 bridgehead atoms. The number of para-hydroxylation sites is 2. The van der Waals surface area contributed by atoms with E-state index in [1.165, 1.54) is 38.4 Å². The van der Waals surface area contributed by atoms with Crippen molar-refractivity contribution in [3.63, 3.8) is 0 Å². The minimum Gasteiger partial charge on any atom is -0.370 e. The smallest absolute Gasteiger partial charge is 0.370 e. The van der Waals surface area contributed by atoms with Crippen molar-refractivity contribution in [2.45, 2.75) is 28.7 Å². The molecule has 0 aromatic heterocycles. The summed E-state index contributed by atoms with van der Waals surface area (Å²) >= 11 is 0. The average molecular weight is 536 g/mol. The van der Waals surface area contributed by atoms with E-state index < -0.39 is 32.8 Å². The van der Waals surface area contributed by atoms with Crippen LogP contribution in [0.25, 0.3) is 0 Å². The molecular formula is C22H28F3N3O5S2. The van der Waals surface area contributed by atoms with Crippen molar-refractivity contribution >= 4 is 31.4 Å². The third-order valence-electron chi connectivity index (χ3n) is 5.70. The van der Waals surface area contributed by atoms with Crippen molar-refractivity contribution in [1.29, 1.82) is 0 Å². The average Bonchev–Trinajstić information content (AvgIpc) is 2.83. The monoisotopic (exact) mass is 535 g/mol. The van der Waals surface area contributed by atoms with Crippen LogP contribution >= 0.6 is 0 Å². The molecule has 0 saturated carbocycles. The van der Waals surface area contributed by atoms with Gasteiger partial charge < -0.3 is 9.64 Å². The van der Waals surface area contributed by atoms with Gasteiger partial charge in [0.2, 0.25) is 10.0 Å². The number of piperidine rings is 1. The third kappa shape index (κ3) is 6.66. The minimum atomic E-state index is -4.02. The van der Waals surface area contributed by atoms with Crippen LogP contribution in [0.15, 0.2) is 58.3 Å². The van der Waals surface area contributed by atoms with Gasteiger partial charge in [-0.25, -0.2) is 25.5 Å². The van der Waals surface area contributed by atoms with Crippen LogP contribution in [0.4, 0.5) is 24.5 Å². The molecule has 13 heteroatoms. The number of alkyl halides is 3. The molecule has 8 nitrogen and oxygen atoms in total. The molecule has 1 aliphatic heterocycles. The fraction of sp³-hybridized carbons (Fsp3) is 0.455. The summed E-state index contributed by atoms with van der Waals surface area (Å²) in [6, 6.07) is 11.7. The molecule has 194 valence electrons. The van der Waals surface area contributed by atoms with Gasteiger partial charge in [0.1, 0.15) is 0 Å². The van der Waals surface area contributed by atoms with Crippen molar-refractivity contribution in [2.75, 3.05) is 50.1 Å². The van der Waals surface area contributed by atoms with Gasteiger partial charge >= 0.3 is 6.11 Å². The van der Waals surface area contributed by atoms with Crippen LogP contribution in [-0.4, -0.2) is 67.7 Å². The Morgan fingerprint density at radius 2 is 1.57 bits per heavy atom. The Bertz CT molecular complexity index is 1220. The quantitative estimate of drug-likeness (QED) is 0.500. The number of nitrogens with one attached hydrogen (secondary N) is 1. The van der Waals surface area contributed by atoms with Gasteiger partial charge in [0.15, 0.2) is 6.67 Å². The standard InChI is InChI=1S/C22H28F3N3O5S2/c1-27(2)35(31,32)19-9-7-18(8-10-19)34(29,30)26-20-5-3-4-6-21(20)28-13-11-17(12-14-28)15-33-22(24,25)16-23/h3-10,17,26H,11-16H2,1-2H3. The molecule has 0 unspecified atom stereocenters. The molecule has 2 aromatic rings. The first-order valence-electron chi connectivity index (χ1n) is 10.8. The van der Waals surface area contributed by atoms with Gasteiger partial charge in [-0.15, -0.1) is 0 Å². The summed E-state index contributed by atoms with van der Waals surface area (Å²) in [4.78, 5) is 1.81. The van der Waals surface area contributed by atoms with E-state index in [-0.39, 0.29) is 22.3 Å². The summed E-state index contributed by atoms with van der Waals surface area (Å²) in [6.07, 6.45) is -2.74. The van der Waals surface area contributed by atoms with Crippen LogP contribution < -0.4 is 9.62 Å². The largest absolute Gasteiger partial charge is 0.384 e. The summed E-state index contributed by atoms with van der Waals surface area (Å²) in [5, 5.41) is 0. The Kier molecular flexibility index (Phi) is 8.35. The fourth-order valence-electron chi connectivity index (χ4n) is 3.66. The van der Waals surface area contributed by atoms with E-state index in [0.29, 0.717) is 37.3 Å². The summed E-state index contributed by atoms with van der Waals surface area (Å²) in [5.74, 6) is -0.163. The topological polar surface area (TPSA) is 96.0 Å². The zero-order valence-electron chi connectivity index (χ0n) is 19.3. The molecule has 0 spiro atoms. The molecule has 3 rings (SSSR count). The van der Waals surface area contributed by atoms with Crippen LogP contribution in [0.1, 0.15) is 12.8 Å². The van der Waals surface area contributed by atoms with Crippen molar-refractivity contribution in [3.05, 3.63) is 48.5 Å². The number of halogens is 3. The summed E-state index contributed by atoms with van der Waals surface area (Å²) in [5.41, 5.74) is 0.951. The van der Waals surface area contributed by atoms with E-state index in [1.54, 1.807) is 24.3 Å². The highest BCUT2D eigenvalue weighted by atomic mass is 32.2. The van der Waals surface area contributed by atoms with Gasteiger partial charge in [-0.1, -0.05) is 12.1 Å². The van der Waals surface area contributed by atoms with E-state index in [4.69, 9.17) is 0 Å². The predicted molar refractivity (Wildman–Crippen MR) is 126 cm³/mol. The highest BCUT2D eigenvalue weighted by molar-refractivity contribution is 7.92. The van der Waals surface area contributed by atoms with Crippen LogP contribution in [0.5, 0.6) is 0 Å². The van der Waals surface area contributed by atoms with Crippen molar-refractivity contribution in [1.82, 2.24) is 4.31 Å². The molecule has 1 fully saturated rings. The van der Waals surface area contributed by atoms with E-state index in [1.807, 2.05) is 4.90 Å². The Morgan fingerprint density at radius 1 is 1.00 bits per heavy atom. The van der Waals surface area contributed by atoms with Gasteiger partial charge in [-0.3, -0.25) is 4.72 Å². The van der Waals surface area contributed by atoms with Crippen molar-refractivity contribution < 1.29 is 34.7 Å². The third-order valence-corrected chi connectivity index (χ3v) is 8.91. The number of anilines is 2. The Labute approximate surface area is 203 Å². The molecule has 0 amide bonds. The second-order valence-corrected chi connectivity index (χ2v) is 12.2. The first kappa shape index (κ1) is 27.2. The van der Waals surface area contributed by atoms with E-state index in [2.05, 4.69) is 9.46 Å². The maximum absolute atomic E-state index is 13.0. The molecule has 1 saturated heterocycles. The number of benzene rings is 2. The number of rotatable bonds is 10. The lowest BCUT2D eigenvalue weighted by Crippen LogP contribution is -2.37. The SMILES string of the molecule is CN(C)S(=O)(=O)c1ccc(S(=O)(=O)Nc2ccccc2N2CCC(COC(F)(F)CF)CC2)cc1. The lowest BCUT2D eigenvalue weighted by molar-refractivity contribution is -0.252. The molecular weight excluding hydrogens is 507 g/mol. The van der Waals surface area contributed by atoms with Gasteiger partial charge in [0.25, 0.3) is 10.0 Å². The van der Waals surface area contributed by atoms with Gasteiger partial charge in [0.05, 0.1) is 27.8 Å². The van der Waals surface area contributed by atoms with Gasteiger partial charge in [-0.05, 0) is 55.2 Å². The van der Waals surface area contributed by atoms with E-state index in [9.17, 15) is 30.0 Å². The zero-order chi connectivity index (χ0) is 25.9. The highest BCUT2D eigenvalue weighted by Crippen LogP contribution is 2.32. The minimum absolute atomic E-state index is 0.0297. The van der Waals surface area contributed by atoms with Crippen LogP contribution in [0, 0.1) is 5.92 Å². The molecule has 1 aliphatic rings. The maximum atomic E-state index is 13.0. The molecule has 1 N–H and O–H groups in total. The summed E-state index contributed by atoms with van der Waals surface area (Å²) < 4.78 is 96.7. The second kappa shape index (κ2) is 10.7. The number of hydrogen-bond donors (Lipinski definition) is 1. The Balaban J connectivity index is 1.71. The number of hydrogen-bond acceptors (Lipinski definition) is 6. The van der Waals surface area contributed by atoms with E-state index in [0.717, 1.165) is 4.31 Å². The van der Waals surface area contributed by atoms with Gasteiger partial charge in [-0.2, -0.15) is 8.78 Å². The molecule has 1 heterocycles. The fourth-order valence-corrected chi connectivity index (χ4v) is 5.64. The van der Waals surface area contributed by atoms with Gasteiger partial charge in [0, 0.05) is 27.2 Å². The molecule has 0 aliphatic carbocycles. The molecule has 0 radical (unpaired) electrons. The normalized spacial score (nSPS) is 16.0. The number of ether oxygens (including phenoxy) is 1. The number of nitrogens with zero attached hydrogens (tertiary/aromatic N) is 2. The highest BCUT2D eigenvalue weighted by Gasteiger charge is 2.32.